The van der Waals surface area contributed by atoms with Crippen LogP contribution in [0.25, 0.3) is 0 Å². The van der Waals surface area contributed by atoms with Gasteiger partial charge in [-0.25, -0.2) is 0 Å². The lowest BCUT2D eigenvalue weighted by atomic mass is 9.45. The van der Waals surface area contributed by atoms with Crippen molar-refractivity contribution >= 4 is 11.9 Å². The summed E-state index contributed by atoms with van der Waals surface area (Å²) < 4.78 is 11.1. The molecule has 0 aromatic carbocycles. The largest absolute Gasteiger partial charge is 0.463 e. The molecule has 0 bridgehead atoms. The molecule has 0 heterocycles. The van der Waals surface area contributed by atoms with Crippen LogP contribution in [0.3, 0.4) is 0 Å². The number of carbonyl (C=O) groups is 2. The molecule has 0 saturated heterocycles. The van der Waals surface area contributed by atoms with Crippen LogP contribution < -0.4 is 0 Å². The van der Waals surface area contributed by atoms with E-state index >= 15 is 0 Å². The zero-order valence-electron chi connectivity index (χ0n) is 19.1. The third-order valence-electron chi connectivity index (χ3n) is 9.45. The maximum atomic E-state index is 11.5. The van der Waals surface area contributed by atoms with Crippen LogP contribution in [0.15, 0.2) is 11.6 Å². The summed E-state index contributed by atoms with van der Waals surface area (Å²) in [6.07, 6.45) is 8.71. The second-order valence-electron chi connectivity index (χ2n) is 10.8. The Kier molecular flexibility index (Phi) is 5.57. The predicted molar refractivity (Wildman–Crippen MR) is 113 cm³/mol. The highest BCUT2D eigenvalue weighted by Crippen LogP contribution is 2.66. The molecule has 3 saturated carbocycles. The maximum absolute atomic E-state index is 11.5. The molecule has 4 rings (SSSR count). The molecule has 5 nitrogen and oxygen atoms in total. The van der Waals surface area contributed by atoms with Gasteiger partial charge in [0.2, 0.25) is 0 Å². The molecular formula is C25H38O5. The molecule has 0 aromatic heterocycles. The summed E-state index contributed by atoms with van der Waals surface area (Å²) in [5, 5.41) is 11.5. The molecule has 0 amide bonds. The molecule has 0 aliphatic heterocycles. The van der Waals surface area contributed by atoms with Crippen molar-refractivity contribution in [2.75, 3.05) is 0 Å². The van der Waals surface area contributed by atoms with E-state index in [1.807, 2.05) is 6.92 Å². The van der Waals surface area contributed by atoms with Crippen LogP contribution >= 0.6 is 0 Å². The summed E-state index contributed by atoms with van der Waals surface area (Å²) in [6.45, 7) is 9.56. The molecule has 3 fully saturated rings. The minimum absolute atomic E-state index is 0.0514. The first-order valence-corrected chi connectivity index (χ1v) is 11.8. The van der Waals surface area contributed by atoms with Crippen molar-refractivity contribution in [3.05, 3.63) is 11.6 Å². The summed E-state index contributed by atoms with van der Waals surface area (Å²) in [5.41, 5.74) is 1.29. The molecule has 0 spiro atoms. The van der Waals surface area contributed by atoms with Gasteiger partial charge in [0.25, 0.3) is 0 Å². The second-order valence-corrected chi connectivity index (χ2v) is 10.8. The number of hydrogen-bond donors (Lipinski definition) is 1. The molecule has 4 aliphatic rings. The van der Waals surface area contributed by atoms with Gasteiger partial charge in [0.15, 0.2) is 0 Å². The highest BCUT2D eigenvalue weighted by Gasteiger charge is 2.61. The summed E-state index contributed by atoms with van der Waals surface area (Å²) in [7, 11) is 0. The van der Waals surface area contributed by atoms with E-state index in [9.17, 15) is 14.7 Å². The molecule has 0 aromatic rings. The fourth-order valence-corrected chi connectivity index (χ4v) is 7.94. The lowest BCUT2D eigenvalue weighted by Gasteiger charge is -2.61. The topological polar surface area (TPSA) is 72.8 Å². The van der Waals surface area contributed by atoms with Crippen LogP contribution in [0.2, 0.25) is 0 Å². The first kappa shape index (κ1) is 21.9. The number of fused-ring (bicyclic) bond motifs is 5. The van der Waals surface area contributed by atoms with Gasteiger partial charge in [-0.1, -0.05) is 25.5 Å². The Bertz CT molecular complexity index is 744. The summed E-state index contributed by atoms with van der Waals surface area (Å²) in [6, 6.07) is 0. The van der Waals surface area contributed by atoms with Crippen LogP contribution in [0.1, 0.15) is 79.6 Å². The molecule has 4 aliphatic carbocycles. The van der Waals surface area contributed by atoms with Crippen LogP contribution in [0.4, 0.5) is 0 Å². The van der Waals surface area contributed by atoms with Gasteiger partial charge in [-0.2, -0.15) is 0 Å². The van der Waals surface area contributed by atoms with Crippen molar-refractivity contribution in [1.82, 2.24) is 0 Å². The number of rotatable bonds is 3. The zero-order chi connectivity index (χ0) is 21.8. The highest BCUT2D eigenvalue weighted by atomic mass is 16.5. The second kappa shape index (κ2) is 7.65. The van der Waals surface area contributed by atoms with Crippen LogP contribution in [-0.2, 0) is 19.1 Å². The summed E-state index contributed by atoms with van der Waals surface area (Å²) in [5.74, 6) is 1.22. The highest BCUT2D eigenvalue weighted by molar-refractivity contribution is 5.66. The first-order chi connectivity index (χ1) is 14.1. The van der Waals surface area contributed by atoms with Crippen molar-refractivity contribution in [2.24, 2.45) is 34.5 Å². The van der Waals surface area contributed by atoms with E-state index in [0.717, 1.165) is 44.9 Å². The van der Waals surface area contributed by atoms with Crippen LogP contribution in [0, 0.1) is 34.5 Å². The monoisotopic (exact) mass is 418 g/mol. The van der Waals surface area contributed by atoms with Crippen molar-refractivity contribution in [2.45, 2.75) is 97.9 Å². The third kappa shape index (κ3) is 3.32. The van der Waals surface area contributed by atoms with Gasteiger partial charge in [-0.05, 0) is 75.0 Å². The van der Waals surface area contributed by atoms with E-state index in [-0.39, 0.29) is 40.9 Å². The molecule has 5 heteroatoms. The van der Waals surface area contributed by atoms with E-state index in [4.69, 9.17) is 9.47 Å². The lowest BCUT2D eigenvalue weighted by Crippen LogP contribution is -2.57. The van der Waals surface area contributed by atoms with Crippen molar-refractivity contribution in [3.63, 3.8) is 0 Å². The Morgan fingerprint density at radius 2 is 1.87 bits per heavy atom. The lowest BCUT2D eigenvalue weighted by molar-refractivity contribution is -0.163. The van der Waals surface area contributed by atoms with Crippen LogP contribution in [-0.4, -0.2) is 35.4 Å². The first-order valence-electron chi connectivity index (χ1n) is 11.8. The fraction of sp³-hybridized carbons (Fsp3) is 0.840. The van der Waals surface area contributed by atoms with Crippen molar-refractivity contribution in [1.29, 1.82) is 0 Å². The van der Waals surface area contributed by atoms with Gasteiger partial charge in [0, 0.05) is 25.2 Å². The normalized spacial score (nSPS) is 46.0. The number of carbonyl (C=O) groups excluding carboxylic acids is 2. The number of allylic oxidation sites excluding steroid dienone is 1. The predicted octanol–water partition coefficient (Wildman–Crippen LogP) is 4.42. The van der Waals surface area contributed by atoms with Gasteiger partial charge in [-0.3, -0.25) is 9.59 Å². The van der Waals surface area contributed by atoms with Gasteiger partial charge in [0.1, 0.15) is 12.2 Å². The van der Waals surface area contributed by atoms with E-state index < -0.39 is 6.10 Å². The van der Waals surface area contributed by atoms with E-state index in [1.165, 1.54) is 19.4 Å². The smallest absolute Gasteiger partial charge is 0.302 e. The third-order valence-corrected chi connectivity index (χ3v) is 9.45. The van der Waals surface area contributed by atoms with Gasteiger partial charge < -0.3 is 14.6 Å². The molecule has 3 unspecified atom stereocenters. The zero-order valence-corrected chi connectivity index (χ0v) is 19.1. The SMILES string of the molecule is CC(=O)OC(C)[C@H]1CC=C2C3CC[C@@H]4C[C@@H](OC(C)=O)CC[C@]4(C)C3C[C@H](O)[C@@]21C. The van der Waals surface area contributed by atoms with Gasteiger partial charge in [-0.15, -0.1) is 0 Å². The van der Waals surface area contributed by atoms with E-state index in [2.05, 4.69) is 19.9 Å². The number of ether oxygens (including phenoxy) is 2. The molecule has 0 radical (unpaired) electrons. The molecule has 30 heavy (non-hydrogen) atoms. The summed E-state index contributed by atoms with van der Waals surface area (Å²) >= 11 is 0. The van der Waals surface area contributed by atoms with Crippen molar-refractivity contribution < 1.29 is 24.2 Å². The standard InChI is InChI=1S/C25H38O5/c1-14(29-15(2)26)20-8-9-21-19-7-6-17-12-18(30-16(3)27)10-11-24(17,4)22(19)13-23(28)25(20,21)5/h9,14,17-20,22-23,28H,6-8,10-13H2,1-5H3/t14?,17-,18+,19?,20-,22?,23+,24+,25-/m1/s1. The Labute approximate surface area is 180 Å². The number of hydrogen-bond acceptors (Lipinski definition) is 5. The van der Waals surface area contributed by atoms with Crippen molar-refractivity contribution in [3.8, 4) is 0 Å². The Hall–Kier alpha value is -1.36. The Morgan fingerprint density at radius 1 is 1.13 bits per heavy atom. The fourth-order valence-electron chi connectivity index (χ4n) is 7.94. The number of aliphatic hydroxyl groups excluding tert-OH is 1. The van der Waals surface area contributed by atoms with E-state index in [0.29, 0.717) is 17.8 Å². The van der Waals surface area contributed by atoms with Gasteiger partial charge >= 0.3 is 11.9 Å². The quantitative estimate of drug-likeness (QED) is 0.543. The molecular weight excluding hydrogens is 380 g/mol. The molecule has 168 valence electrons. The number of esters is 2. The average molecular weight is 419 g/mol. The minimum atomic E-state index is -0.419. The number of aliphatic hydroxyl groups is 1. The average Bonchev–Trinajstić information content (AvgIpc) is 3.01. The summed E-state index contributed by atoms with van der Waals surface area (Å²) in [4.78, 5) is 23.0. The minimum Gasteiger partial charge on any atom is -0.463 e. The van der Waals surface area contributed by atoms with Gasteiger partial charge in [0.05, 0.1) is 6.10 Å². The molecule has 1 N–H and O–H groups in total. The Morgan fingerprint density at radius 3 is 2.53 bits per heavy atom. The Balaban J connectivity index is 1.56. The van der Waals surface area contributed by atoms with Crippen LogP contribution in [0.5, 0.6) is 0 Å². The molecule has 9 atom stereocenters. The van der Waals surface area contributed by atoms with E-state index in [1.54, 1.807) is 0 Å². The maximum Gasteiger partial charge on any atom is 0.302 e.